The van der Waals surface area contributed by atoms with Gasteiger partial charge in [-0.2, -0.15) is 0 Å². The van der Waals surface area contributed by atoms with Crippen LogP contribution in [-0.4, -0.2) is 36.4 Å². The number of nitrogens with zero attached hydrogens (tertiary/aromatic N) is 3. The molecule has 5 rings (SSSR count). The molecular formula is C30H33N5O3S2. The van der Waals surface area contributed by atoms with Crippen LogP contribution in [0.1, 0.15) is 45.9 Å². The number of methoxy groups -OCH3 is 1. The predicted octanol–water partition coefficient (Wildman–Crippen LogP) is 5.66. The maximum Gasteiger partial charge on any atom is 0.229 e. The van der Waals surface area contributed by atoms with Crippen LogP contribution in [0.3, 0.4) is 0 Å². The maximum atomic E-state index is 12.1. The second-order valence-corrected chi connectivity index (χ2v) is 12.3. The quantitative estimate of drug-likeness (QED) is 0.275. The Morgan fingerprint density at radius 2 is 1.80 bits per heavy atom. The summed E-state index contributed by atoms with van der Waals surface area (Å²) in [4.78, 5) is 6.71. The molecule has 1 fully saturated rings. The van der Waals surface area contributed by atoms with Gasteiger partial charge in [-0.3, -0.25) is 9.71 Å². The molecule has 208 valence electrons. The fourth-order valence-corrected chi connectivity index (χ4v) is 6.40. The molecule has 1 saturated heterocycles. The number of hydrogen-bond donors (Lipinski definition) is 2. The van der Waals surface area contributed by atoms with Crippen molar-refractivity contribution < 1.29 is 13.2 Å². The lowest BCUT2D eigenvalue weighted by atomic mass is 9.96. The summed E-state index contributed by atoms with van der Waals surface area (Å²) in [6.07, 6.45) is 2.89. The van der Waals surface area contributed by atoms with Gasteiger partial charge in [0.2, 0.25) is 10.0 Å². The van der Waals surface area contributed by atoms with Crippen LogP contribution >= 0.6 is 12.2 Å². The molecule has 0 amide bonds. The second-order valence-electron chi connectivity index (χ2n) is 10.2. The number of hydrogen-bond acceptors (Lipinski definition) is 5. The van der Waals surface area contributed by atoms with Crippen molar-refractivity contribution in [3.8, 4) is 11.4 Å². The summed E-state index contributed by atoms with van der Waals surface area (Å²) in [6.45, 7) is 8.46. The largest absolute Gasteiger partial charge is 0.495 e. The summed E-state index contributed by atoms with van der Waals surface area (Å²) in [5, 5.41) is 4.02. The van der Waals surface area contributed by atoms with Gasteiger partial charge in [0.25, 0.3) is 0 Å². The van der Waals surface area contributed by atoms with Crippen molar-refractivity contribution in [2.45, 2.75) is 39.8 Å². The highest BCUT2D eigenvalue weighted by Crippen LogP contribution is 2.45. The standard InChI is InChI=1S/C30H33N5O3S2/c1-18-10-11-19(2)26(15-18)34-20(3)16-23(21(34)4)29-28(24-9-7-8-14-31-24)32-30(39)35(29)22-12-13-27(38-5)25(17-22)33-40(6,36)37/h7-17,28-29,33H,1-6H3,(H,32,39)/t28-,29+/m0/s1. The Labute approximate surface area is 241 Å². The van der Waals surface area contributed by atoms with E-state index in [1.807, 2.05) is 29.2 Å². The summed E-state index contributed by atoms with van der Waals surface area (Å²) < 4.78 is 34.6. The molecule has 40 heavy (non-hydrogen) atoms. The smallest absolute Gasteiger partial charge is 0.229 e. The maximum absolute atomic E-state index is 12.1. The van der Waals surface area contributed by atoms with Crippen molar-refractivity contribution in [2.75, 3.05) is 23.0 Å². The summed E-state index contributed by atoms with van der Waals surface area (Å²) in [7, 11) is -2.03. The molecule has 1 aliphatic heterocycles. The molecule has 1 aliphatic rings. The lowest BCUT2D eigenvalue weighted by Crippen LogP contribution is -2.29. The van der Waals surface area contributed by atoms with Gasteiger partial charge in [-0.1, -0.05) is 18.2 Å². The van der Waals surface area contributed by atoms with E-state index in [4.69, 9.17) is 17.0 Å². The predicted molar refractivity (Wildman–Crippen MR) is 164 cm³/mol. The lowest BCUT2D eigenvalue weighted by molar-refractivity contribution is 0.417. The highest BCUT2D eigenvalue weighted by Gasteiger charge is 2.42. The first-order valence-corrected chi connectivity index (χ1v) is 15.2. The monoisotopic (exact) mass is 575 g/mol. The van der Waals surface area contributed by atoms with Crippen LogP contribution in [0, 0.1) is 27.7 Å². The van der Waals surface area contributed by atoms with Crippen LogP contribution in [0.5, 0.6) is 5.75 Å². The molecule has 2 N–H and O–H groups in total. The van der Waals surface area contributed by atoms with Crippen molar-refractivity contribution in [3.63, 3.8) is 0 Å². The average Bonchev–Trinajstić information content (AvgIpc) is 3.40. The highest BCUT2D eigenvalue weighted by molar-refractivity contribution is 7.92. The lowest BCUT2D eigenvalue weighted by Gasteiger charge is -2.29. The van der Waals surface area contributed by atoms with Gasteiger partial charge in [-0.15, -0.1) is 0 Å². The molecule has 2 aromatic heterocycles. The molecule has 8 nitrogen and oxygen atoms in total. The van der Waals surface area contributed by atoms with E-state index in [1.165, 1.54) is 18.2 Å². The van der Waals surface area contributed by atoms with Gasteiger partial charge in [-0.05, 0) is 99.1 Å². The van der Waals surface area contributed by atoms with Gasteiger partial charge in [-0.25, -0.2) is 8.42 Å². The van der Waals surface area contributed by atoms with Crippen molar-refractivity contribution >= 4 is 38.7 Å². The molecule has 0 unspecified atom stereocenters. The Bertz CT molecular complexity index is 1700. The van der Waals surface area contributed by atoms with E-state index in [9.17, 15) is 8.42 Å². The number of thiocarbonyl (C=S) groups is 1. The highest BCUT2D eigenvalue weighted by atomic mass is 32.2. The topological polar surface area (TPSA) is 88.5 Å². The molecule has 2 aromatic carbocycles. The molecule has 0 aliphatic carbocycles. The molecule has 0 spiro atoms. The number of sulfonamides is 1. The van der Waals surface area contributed by atoms with E-state index in [0.29, 0.717) is 16.5 Å². The first-order valence-electron chi connectivity index (χ1n) is 12.9. The number of rotatable bonds is 7. The Morgan fingerprint density at radius 1 is 1.02 bits per heavy atom. The second kappa shape index (κ2) is 10.6. The number of anilines is 2. The summed E-state index contributed by atoms with van der Waals surface area (Å²) >= 11 is 5.92. The molecule has 4 aromatic rings. The fourth-order valence-electron chi connectivity index (χ4n) is 5.49. The van der Waals surface area contributed by atoms with E-state index in [-0.39, 0.29) is 12.1 Å². The first kappa shape index (κ1) is 27.7. The van der Waals surface area contributed by atoms with E-state index in [1.54, 1.807) is 18.3 Å². The number of nitrogens with one attached hydrogen (secondary N) is 2. The van der Waals surface area contributed by atoms with Crippen molar-refractivity contribution in [1.29, 1.82) is 0 Å². The Balaban J connectivity index is 1.70. The number of ether oxygens (including phenoxy) is 1. The zero-order valence-electron chi connectivity index (χ0n) is 23.4. The Kier molecular flexibility index (Phi) is 7.32. The van der Waals surface area contributed by atoms with Crippen molar-refractivity contribution in [1.82, 2.24) is 14.9 Å². The van der Waals surface area contributed by atoms with Gasteiger partial charge < -0.3 is 19.5 Å². The minimum atomic E-state index is -3.54. The zero-order valence-corrected chi connectivity index (χ0v) is 25.0. The SMILES string of the molecule is COc1ccc(N2C(=S)N[C@@H](c3ccccn3)[C@H]2c2cc(C)n(-c3cc(C)ccc3C)c2C)cc1NS(C)(=O)=O. The Hall–Kier alpha value is -3.89. The van der Waals surface area contributed by atoms with Gasteiger partial charge >= 0.3 is 0 Å². The number of pyridine rings is 1. The minimum absolute atomic E-state index is 0.241. The normalized spacial score (nSPS) is 17.1. The summed E-state index contributed by atoms with van der Waals surface area (Å²) in [5.74, 6) is 0.415. The van der Waals surface area contributed by atoms with E-state index < -0.39 is 10.0 Å². The molecular weight excluding hydrogens is 542 g/mol. The number of aryl methyl sites for hydroxylation is 3. The molecule has 2 atom stereocenters. The third-order valence-electron chi connectivity index (χ3n) is 7.25. The number of aromatic nitrogens is 2. The van der Waals surface area contributed by atoms with Crippen LogP contribution < -0.4 is 19.7 Å². The van der Waals surface area contributed by atoms with Crippen LogP contribution in [0.15, 0.2) is 66.9 Å². The van der Waals surface area contributed by atoms with Gasteiger partial charge in [0.1, 0.15) is 5.75 Å². The fraction of sp³-hybridized carbons (Fsp3) is 0.267. The average molecular weight is 576 g/mol. The summed E-state index contributed by atoms with van der Waals surface area (Å²) in [6, 6.07) is 19.4. The van der Waals surface area contributed by atoms with Crippen LogP contribution in [0.2, 0.25) is 0 Å². The third kappa shape index (κ3) is 5.16. The first-order chi connectivity index (χ1) is 19.0. The van der Waals surface area contributed by atoms with E-state index >= 15 is 0 Å². The molecule has 0 radical (unpaired) electrons. The van der Waals surface area contributed by atoms with Crippen molar-refractivity contribution in [3.05, 3.63) is 101 Å². The van der Waals surface area contributed by atoms with Gasteiger partial charge in [0, 0.05) is 29.0 Å². The van der Waals surface area contributed by atoms with Crippen molar-refractivity contribution in [2.24, 2.45) is 0 Å². The van der Waals surface area contributed by atoms with E-state index in [2.05, 4.69) is 71.6 Å². The van der Waals surface area contributed by atoms with Gasteiger partial charge in [0.05, 0.1) is 36.8 Å². The molecule has 10 heteroatoms. The molecule has 0 bridgehead atoms. The van der Waals surface area contributed by atoms with Crippen LogP contribution in [-0.2, 0) is 10.0 Å². The zero-order chi connectivity index (χ0) is 28.8. The third-order valence-corrected chi connectivity index (χ3v) is 8.15. The van der Waals surface area contributed by atoms with Gasteiger partial charge in [0.15, 0.2) is 5.11 Å². The summed E-state index contributed by atoms with van der Waals surface area (Å²) in [5.41, 5.74) is 8.73. The Morgan fingerprint density at radius 3 is 2.48 bits per heavy atom. The minimum Gasteiger partial charge on any atom is -0.495 e. The van der Waals surface area contributed by atoms with Crippen LogP contribution in [0.4, 0.5) is 11.4 Å². The molecule has 0 saturated carbocycles. The number of benzene rings is 2. The van der Waals surface area contributed by atoms with E-state index in [0.717, 1.165) is 40.3 Å². The molecule has 3 heterocycles. The van der Waals surface area contributed by atoms with Crippen LogP contribution in [0.25, 0.3) is 5.69 Å².